The van der Waals surface area contributed by atoms with Gasteiger partial charge in [-0.25, -0.2) is 4.79 Å². The molecule has 1 aromatic rings. The smallest absolute Gasteiger partial charge is 0.313 e. The van der Waals surface area contributed by atoms with Crippen LogP contribution in [0.4, 0.5) is 10.5 Å². The number of hydrogen-bond acceptors (Lipinski definition) is 1. The fourth-order valence-corrected chi connectivity index (χ4v) is 1.76. The first kappa shape index (κ1) is 14.7. The number of nitrogens with one attached hydrogen (secondary N) is 1. The van der Waals surface area contributed by atoms with Crippen molar-refractivity contribution in [2.45, 2.75) is 13.3 Å². The molecule has 1 rings (SSSR count). The van der Waals surface area contributed by atoms with Crippen LogP contribution in [0, 0.1) is 12.3 Å². The van der Waals surface area contributed by atoms with E-state index in [0.29, 0.717) is 22.3 Å². The summed E-state index contributed by atoms with van der Waals surface area (Å²) in [4.78, 5) is 13.5. The highest BCUT2D eigenvalue weighted by atomic mass is 35.5. The summed E-state index contributed by atoms with van der Waals surface area (Å²) in [7, 11) is 0. The van der Waals surface area contributed by atoms with Gasteiger partial charge in [-0.2, -0.15) is 0 Å². The van der Waals surface area contributed by atoms with Gasteiger partial charge in [-0.15, -0.1) is 6.42 Å². The Labute approximate surface area is 117 Å². The standard InChI is InChI=1S/C13H14Cl2N2O/c1-3-7-17(8-4-2)13(18)16-12-9-10(14)5-6-11(12)15/h1,5-6,9H,4,7-8H2,2H3,(H,16,18). The van der Waals surface area contributed by atoms with Gasteiger partial charge in [0.2, 0.25) is 0 Å². The van der Waals surface area contributed by atoms with Gasteiger partial charge in [0.25, 0.3) is 0 Å². The number of carbonyl (C=O) groups excluding carboxylic acids is 1. The number of urea groups is 1. The minimum atomic E-state index is -0.279. The Balaban J connectivity index is 2.79. The van der Waals surface area contributed by atoms with Crippen molar-refractivity contribution in [2.24, 2.45) is 0 Å². The van der Waals surface area contributed by atoms with E-state index in [1.807, 2.05) is 6.92 Å². The molecule has 0 saturated carbocycles. The van der Waals surface area contributed by atoms with Crippen LogP contribution >= 0.6 is 23.2 Å². The van der Waals surface area contributed by atoms with Crippen molar-refractivity contribution >= 4 is 34.9 Å². The van der Waals surface area contributed by atoms with E-state index in [0.717, 1.165) is 6.42 Å². The minimum Gasteiger partial charge on any atom is -0.313 e. The van der Waals surface area contributed by atoms with Gasteiger partial charge in [-0.1, -0.05) is 36.0 Å². The molecule has 0 aliphatic rings. The molecule has 0 aliphatic carbocycles. The zero-order chi connectivity index (χ0) is 13.5. The Hall–Kier alpha value is -1.37. The van der Waals surface area contributed by atoms with Crippen molar-refractivity contribution in [3.63, 3.8) is 0 Å². The molecule has 0 aromatic heterocycles. The molecule has 0 bridgehead atoms. The molecule has 0 radical (unpaired) electrons. The third-order valence-corrected chi connectivity index (χ3v) is 2.80. The summed E-state index contributed by atoms with van der Waals surface area (Å²) in [6, 6.07) is 4.61. The minimum absolute atomic E-state index is 0.262. The third-order valence-electron chi connectivity index (χ3n) is 2.23. The van der Waals surface area contributed by atoms with Crippen molar-refractivity contribution < 1.29 is 4.79 Å². The lowest BCUT2D eigenvalue weighted by molar-refractivity contribution is 0.218. The molecule has 0 saturated heterocycles. The molecular weight excluding hydrogens is 271 g/mol. The molecule has 3 nitrogen and oxygen atoms in total. The second-order valence-electron chi connectivity index (χ2n) is 3.68. The van der Waals surface area contributed by atoms with Gasteiger partial charge >= 0.3 is 6.03 Å². The van der Waals surface area contributed by atoms with Gasteiger partial charge in [0.1, 0.15) is 0 Å². The van der Waals surface area contributed by atoms with Crippen LogP contribution in [-0.4, -0.2) is 24.0 Å². The summed E-state index contributed by atoms with van der Waals surface area (Å²) < 4.78 is 0. The topological polar surface area (TPSA) is 32.3 Å². The fourth-order valence-electron chi connectivity index (χ4n) is 1.42. The first-order valence-corrected chi connectivity index (χ1v) is 6.28. The Morgan fingerprint density at radius 1 is 1.50 bits per heavy atom. The van der Waals surface area contributed by atoms with E-state index in [1.54, 1.807) is 18.2 Å². The molecular formula is C13H14Cl2N2O. The van der Waals surface area contributed by atoms with E-state index in [-0.39, 0.29) is 12.6 Å². The predicted octanol–water partition coefficient (Wildman–Crippen LogP) is 3.87. The van der Waals surface area contributed by atoms with Crippen LogP contribution in [-0.2, 0) is 0 Å². The summed E-state index contributed by atoms with van der Waals surface area (Å²) in [6.07, 6.45) is 6.06. The number of nitrogens with zero attached hydrogens (tertiary/aromatic N) is 1. The molecule has 5 heteroatoms. The van der Waals surface area contributed by atoms with Gasteiger partial charge in [0.15, 0.2) is 0 Å². The van der Waals surface area contributed by atoms with E-state index in [1.165, 1.54) is 4.90 Å². The van der Waals surface area contributed by atoms with Crippen LogP contribution in [0.2, 0.25) is 10.0 Å². The lowest BCUT2D eigenvalue weighted by atomic mass is 10.3. The average molecular weight is 285 g/mol. The Morgan fingerprint density at radius 2 is 2.22 bits per heavy atom. The molecule has 0 heterocycles. The monoisotopic (exact) mass is 284 g/mol. The van der Waals surface area contributed by atoms with Gasteiger partial charge in [0, 0.05) is 11.6 Å². The number of terminal acetylenes is 1. The first-order chi connectivity index (χ1) is 8.58. The van der Waals surface area contributed by atoms with E-state index in [9.17, 15) is 4.79 Å². The highest BCUT2D eigenvalue weighted by molar-refractivity contribution is 6.35. The van der Waals surface area contributed by atoms with Crippen molar-refractivity contribution in [3.05, 3.63) is 28.2 Å². The molecule has 0 aliphatic heterocycles. The Kier molecular flexibility index (Phi) is 5.84. The number of amides is 2. The van der Waals surface area contributed by atoms with Gasteiger partial charge in [-0.05, 0) is 24.6 Å². The van der Waals surface area contributed by atoms with E-state index in [2.05, 4.69) is 11.2 Å². The highest BCUT2D eigenvalue weighted by Crippen LogP contribution is 2.25. The summed E-state index contributed by atoms with van der Waals surface area (Å²) in [5.74, 6) is 2.45. The molecule has 0 fully saturated rings. The third kappa shape index (κ3) is 4.14. The number of hydrogen-bond donors (Lipinski definition) is 1. The van der Waals surface area contributed by atoms with Crippen molar-refractivity contribution in [1.29, 1.82) is 0 Å². The van der Waals surface area contributed by atoms with E-state index < -0.39 is 0 Å². The number of rotatable bonds is 4. The average Bonchev–Trinajstić information content (AvgIpc) is 2.33. The lowest BCUT2D eigenvalue weighted by Crippen LogP contribution is -2.35. The summed E-state index contributed by atoms with van der Waals surface area (Å²) in [5.41, 5.74) is 0.479. The summed E-state index contributed by atoms with van der Waals surface area (Å²) >= 11 is 11.8. The zero-order valence-corrected chi connectivity index (χ0v) is 11.6. The second-order valence-corrected chi connectivity index (χ2v) is 4.52. The highest BCUT2D eigenvalue weighted by Gasteiger charge is 2.13. The van der Waals surface area contributed by atoms with Crippen LogP contribution in [0.3, 0.4) is 0 Å². The van der Waals surface area contributed by atoms with E-state index in [4.69, 9.17) is 29.6 Å². The summed E-state index contributed by atoms with van der Waals surface area (Å²) in [6.45, 7) is 2.83. The number of halogens is 2. The van der Waals surface area contributed by atoms with Crippen molar-refractivity contribution in [3.8, 4) is 12.3 Å². The molecule has 1 N–H and O–H groups in total. The molecule has 2 amide bonds. The molecule has 1 aromatic carbocycles. The largest absolute Gasteiger partial charge is 0.322 e. The van der Waals surface area contributed by atoms with E-state index >= 15 is 0 Å². The van der Waals surface area contributed by atoms with Crippen molar-refractivity contribution in [1.82, 2.24) is 4.90 Å². The molecule has 0 spiro atoms. The molecule has 0 unspecified atom stereocenters. The number of benzene rings is 1. The molecule has 96 valence electrons. The molecule has 0 atom stereocenters. The Morgan fingerprint density at radius 3 is 2.83 bits per heavy atom. The maximum Gasteiger partial charge on any atom is 0.322 e. The Bertz CT molecular complexity index is 469. The van der Waals surface area contributed by atoms with Gasteiger partial charge < -0.3 is 10.2 Å². The normalized spacial score (nSPS) is 9.67. The second kappa shape index (κ2) is 7.15. The maximum atomic E-state index is 12.0. The lowest BCUT2D eigenvalue weighted by Gasteiger charge is -2.20. The first-order valence-electron chi connectivity index (χ1n) is 5.53. The van der Waals surface area contributed by atoms with Crippen LogP contribution in [0.5, 0.6) is 0 Å². The number of carbonyl (C=O) groups is 1. The zero-order valence-electron chi connectivity index (χ0n) is 10.0. The molecule has 18 heavy (non-hydrogen) atoms. The SMILES string of the molecule is C#CCN(CCC)C(=O)Nc1cc(Cl)ccc1Cl. The van der Waals surface area contributed by atoms with Crippen LogP contribution in [0.25, 0.3) is 0 Å². The van der Waals surface area contributed by atoms with Crippen LogP contribution in [0.1, 0.15) is 13.3 Å². The maximum absolute atomic E-state index is 12.0. The summed E-state index contributed by atoms with van der Waals surface area (Å²) in [5, 5.41) is 3.64. The number of anilines is 1. The van der Waals surface area contributed by atoms with Crippen molar-refractivity contribution in [2.75, 3.05) is 18.4 Å². The fraction of sp³-hybridized carbons (Fsp3) is 0.308. The quantitative estimate of drug-likeness (QED) is 0.837. The van der Waals surface area contributed by atoms with Gasteiger partial charge in [-0.3, -0.25) is 0 Å². The van der Waals surface area contributed by atoms with Gasteiger partial charge in [0.05, 0.1) is 17.3 Å². The van der Waals surface area contributed by atoms with Crippen LogP contribution < -0.4 is 5.32 Å². The van der Waals surface area contributed by atoms with Crippen LogP contribution in [0.15, 0.2) is 18.2 Å². The predicted molar refractivity (Wildman–Crippen MR) is 76.2 cm³/mol.